The van der Waals surface area contributed by atoms with Crippen molar-refractivity contribution >= 4 is 29.5 Å². The number of hydrogen-bond acceptors (Lipinski definition) is 14. The van der Waals surface area contributed by atoms with Gasteiger partial charge in [0.1, 0.15) is 61.2 Å². The molecule has 0 fully saturated rings. The number of nitrogens with two attached hydrogens (primary N) is 3. The summed E-state index contributed by atoms with van der Waals surface area (Å²) in [6.45, 7) is 6.20. The normalized spacial score (nSPS) is 16.2. The number of nitrogens with zero attached hydrogens (tertiary/aromatic N) is 4. The van der Waals surface area contributed by atoms with Crippen LogP contribution in [0.3, 0.4) is 0 Å². The smallest absolute Gasteiger partial charge is 0.255 e. The highest BCUT2D eigenvalue weighted by Crippen LogP contribution is 2.40. The van der Waals surface area contributed by atoms with E-state index in [2.05, 4.69) is 38.2 Å². The van der Waals surface area contributed by atoms with Gasteiger partial charge in [0.25, 0.3) is 5.91 Å². The molecule has 67 heavy (non-hydrogen) atoms. The summed E-state index contributed by atoms with van der Waals surface area (Å²) < 4.78 is 18.0. The van der Waals surface area contributed by atoms with Crippen LogP contribution in [0.1, 0.15) is 72.8 Å². The molecule has 19 nitrogen and oxygen atoms in total. The second-order valence-electron chi connectivity index (χ2n) is 16.0. The first-order chi connectivity index (χ1) is 32.3. The molecular weight excluding hydrogens is 859 g/mol. The number of amides is 5. The molecule has 1 aromatic heterocycles. The number of carbonyl (C=O) groups is 5. The third-order valence-electron chi connectivity index (χ3n) is 11.0. The van der Waals surface area contributed by atoms with Crippen LogP contribution in [0.5, 0.6) is 17.2 Å². The molecule has 5 amide bonds. The highest BCUT2D eigenvalue weighted by molar-refractivity contribution is 6.00. The minimum Gasteiger partial charge on any atom is -0.494 e. The van der Waals surface area contributed by atoms with E-state index in [1.165, 1.54) is 25.1 Å². The van der Waals surface area contributed by atoms with Gasteiger partial charge in [-0.1, -0.05) is 31.9 Å². The number of rotatable bonds is 20. The third-order valence-corrected chi connectivity index (χ3v) is 11.0. The first kappa shape index (κ1) is 50.9. The molecule has 356 valence electrons. The van der Waals surface area contributed by atoms with Gasteiger partial charge in [-0.15, -0.1) is 0 Å². The lowest BCUT2D eigenvalue weighted by atomic mass is 9.93. The number of likely N-dealkylation sites (N-methyl/N-ethyl adjacent to an activating group) is 1. The van der Waals surface area contributed by atoms with Crippen LogP contribution >= 0.6 is 0 Å². The maximum Gasteiger partial charge on any atom is 0.255 e. The Morgan fingerprint density at radius 3 is 2.22 bits per heavy atom. The van der Waals surface area contributed by atoms with E-state index in [1.54, 1.807) is 43.3 Å². The van der Waals surface area contributed by atoms with Gasteiger partial charge in [-0.2, -0.15) is 5.26 Å². The molecule has 1 aliphatic heterocycles. The van der Waals surface area contributed by atoms with Gasteiger partial charge in [-0.3, -0.25) is 24.0 Å². The van der Waals surface area contributed by atoms with E-state index < -0.39 is 53.7 Å². The molecule has 0 radical (unpaired) electrons. The Morgan fingerprint density at radius 1 is 0.896 bits per heavy atom. The number of carbonyl (C=O) groups excluding carboxylic acids is 5. The number of unbranched alkanes of at least 4 members (excludes halogenated alkanes) is 2. The monoisotopic (exact) mass is 919 g/mol. The predicted octanol–water partition coefficient (Wildman–Crippen LogP) is 2.20. The Hall–Kier alpha value is -7.14. The van der Waals surface area contributed by atoms with Crippen molar-refractivity contribution in [1.29, 1.82) is 5.26 Å². The van der Waals surface area contributed by atoms with Crippen molar-refractivity contribution in [3.8, 4) is 45.8 Å². The fourth-order valence-corrected chi connectivity index (χ4v) is 7.44. The number of nitrogens with one attached hydrogen (secondary N) is 4. The lowest BCUT2D eigenvalue weighted by molar-refractivity contribution is -0.141. The minimum atomic E-state index is -1.41. The summed E-state index contributed by atoms with van der Waals surface area (Å²) in [5.74, 6) is -1.51. The molecule has 0 saturated heterocycles. The summed E-state index contributed by atoms with van der Waals surface area (Å²) in [5.41, 5.74) is 20.7. The first-order valence-electron chi connectivity index (χ1n) is 22.4. The molecule has 5 rings (SSSR count). The van der Waals surface area contributed by atoms with Crippen LogP contribution in [-0.4, -0.2) is 116 Å². The summed E-state index contributed by atoms with van der Waals surface area (Å²) >= 11 is 0. The van der Waals surface area contributed by atoms with E-state index in [9.17, 15) is 24.0 Å². The first-order valence-corrected chi connectivity index (χ1v) is 22.4. The van der Waals surface area contributed by atoms with E-state index in [1.807, 2.05) is 30.3 Å². The quantitative estimate of drug-likeness (QED) is 0.0494. The fraction of sp³-hybridized carbons (Fsp3) is 0.417. The average Bonchev–Trinajstić information content (AvgIpc) is 3.32. The van der Waals surface area contributed by atoms with Gasteiger partial charge < -0.3 is 57.6 Å². The molecule has 4 bridgehead atoms. The zero-order valence-electron chi connectivity index (χ0n) is 38.4. The highest BCUT2D eigenvalue weighted by atomic mass is 16.5. The van der Waals surface area contributed by atoms with Crippen molar-refractivity contribution in [1.82, 2.24) is 36.1 Å². The molecule has 4 atom stereocenters. The lowest BCUT2D eigenvalue weighted by Crippen LogP contribution is -2.56. The molecule has 2 heterocycles. The Bertz CT molecular complexity index is 2410. The molecule has 0 unspecified atom stereocenters. The van der Waals surface area contributed by atoms with E-state index in [4.69, 9.17) is 36.7 Å². The molecule has 0 saturated carbocycles. The topological polar surface area (TPSA) is 292 Å². The molecule has 19 heteroatoms. The van der Waals surface area contributed by atoms with E-state index in [-0.39, 0.29) is 57.8 Å². The van der Waals surface area contributed by atoms with Gasteiger partial charge >= 0.3 is 0 Å². The summed E-state index contributed by atoms with van der Waals surface area (Å²) in [7, 11) is 1.41. The second kappa shape index (κ2) is 25.0. The Balaban J connectivity index is 1.51. The molecule has 10 N–H and O–H groups in total. The Labute approximate surface area is 390 Å². The maximum atomic E-state index is 14.7. The zero-order chi connectivity index (χ0) is 48.5. The van der Waals surface area contributed by atoms with Crippen LogP contribution < -0.4 is 52.7 Å². The Morgan fingerprint density at radius 2 is 1.58 bits per heavy atom. The van der Waals surface area contributed by atoms with Crippen molar-refractivity contribution in [3.63, 3.8) is 0 Å². The largest absolute Gasteiger partial charge is 0.494 e. The van der Waals surface area contributed by atoms with Crippen LogP contribution in [0, 0.1) is 18.3 Å². The van der Waals surface area contributed by atoms with Gasteiger partial charge in [0, 0.05) is 49.4 Å². The van der Waals surface area contributed by atoms with Crippen LogP contribution in [-0.2, 0) is 25.6 Å². The van der Waals surface area contributed by atoms with Crippen molar-refractivity contribution < 1.29 is 38.2 Å². The second-order valence-corrected chi connectivity index (χ2v) is 16.0. The van der Waals surface area contributed by atoms with Gasteiger partial charge in [0.2, 0.25) is 23.6 Å². The number of aromatic nitrogens is 2. The Kier molecular flexibility index (Phi) is 18.9. The summed E-state index contributed by atoms with van der Waals surface area (Å²) in [5, 5.41) is 19.9. The van der Waals surface area contributed by atoms with E-state index >= 15 is 0 Å². The number of benzene rings is 3. The van der Waals surface area contributed by atoms with Gasteiger partial charge in [-0.25, -0.2) is 9.97 Å². The summed E-state index contributed by atoms with van der Waals surface area (Å²) in [6, 6.07) is 14.4. The van der Waals surface area contributed by atoms with Crippen LogP contribution in [0.15, 0.2) is 66.9 Å². The third kappa shape index (κ3) is 13.5. The van der Waals surface area contributed by atoms with Crippen molar-refractivity contribution in [2.24, 2.45) is 17.2 Å². The standard InChI is InChI=1S/C48H61N11O8/c1-5-6-7-22-65-34-12-9-32(10-13-34)43-54-28-37(29(2)55-43)45(61)57-38(16-17-49)48(64)59(4)42-33-11-15-41(67-24-20-52)36(27-33)35-25-31(8-14-40(35)66-23-19-51)26-39(46(62)53-21-18-50)58-44(60)30(3)56-47(42)63/h8-15,25,27-28,30,38-39,42H,5-7,16-17,19-24,26,49,51-52H2,1-4H3,(H,53,62)(H,56,63)(H,57,61)(H,58,60)/t30-,38-,39-,42-/m0/s1. The van der Waals surface area contributed by atoms with E-state index in [0.717, 1.165) is 30.6 Å². The van der Waals surface area contributed by atoms with Gasteiger partial charge in [0.05, 0.1) is 23.9 Å². The zero-order valence-corrected chi connectivity index (χ0v) is 38.4. The van der Waals surface area contributed by atoms with Gasteiger partial charge in [0.15, 0.2) is 5.82 Å². The van der Waals surface area contributed by atoms with Crippen molar-refractivity contribution in [2.75, 3.05) is 53.0 Å². The highest BCUT2D eigenvalue weighted by Gasteiger charge is 2.36. The summed E-state index contributed by atoms with van der Waals surface area (Å²) in [6.07, 6.45) is 4.53. The molecule has 3 aromatic carbocycles. The molecule has 0 aliphatic carbocycles. The van der Waals surface area contributed by atoms with Crippen LogP contribution in [0.4, 0.5) is 0 Å². The number of aryl methyl sites for hydroxylation is 1. The van der Waals surface area contributed by atoms with Crippen LogP contribution in [0.2, 0.25) is 0 Å². The van der Waals surface area contributed by atoms with E-state index in [0.29, 0.717) is 51.9 Å². The minimum absolute atomic E-state index is 0.000635. The molecular formula is C48H61N11O8. The SMILES string of the molecule is CCCCCOc1ccc(-c2ncc(C(=O)N[C@@H](CCN)C(=O)N(C)[C@@H]3C(=O)N[C@@H](C)C(=O)N[C@H](C(=O)NCC#N)Cc4ccc(OCCN)c(c4)-c4cc3ccc4OCCN)c(C)n2)cc1. The van der Waals surface area contributed by atoms with Crippen molar-refractivity contribution in [3.05, 3.63) is 89.2 Å². The van der Waals surface area contributed by atoms with Crippen molar-refractivity contribution in [2.45, 2.75) is 77.0 Å². The fourth-order valence-electron chi connectivity index (χ4n) is 7.44. The predicted molar refractivity (Wildman–Crippen MR) is 251 cm³/mol. The van der Waals surface area contributed by atoms with Gasteiger partial charge in [-0.05, 0) is 92.9 Å². The number of nitriles is 1. The number of hydrogen-bond donors (Lipinski definition) is 7. The number of fused-ring (bicyclic) bond motifs is 5. The summed E-state index contributed by atoms with van der Waals surface area (Å²) in [4.78, 5) is 80.4. The molecule has 1 aliphatic rings. The molecule has 4 aromatic rings. The maximum absolute atomic E-state index is 14.7. The van der Waals surface area contributed by atoms with Crippen LogP contribution in [0.25, 0.3) is 22.5 Å². The molecule has 0 spiro atoms. The number of ether oxygens (including phenoxy) is 3. The lowest BCUT2D eigenvalue weighted by Gasteiger charge is -2.32. The average molecular weight is 920 g/mol.